The molecule has 0 radical (unpaired) electrons. The Hall–Kier alpha value is -2.93. The van der Waals surface area contributed by atoms with Gasteiger partial charge in [0.2, 0.25) is 0 Å². The van der Waals surface area contributed by atoms with Crippen LogP contribution in [-0.4, -0.2) is 25.2 Å². The molecule has 7 heteroatoms. The van der Waals surface area contributed by atoms with E-state index in [-0.39, 0.29) is 16.6 Å². The molecule has 3 aromatic rings. The van der Waals surface area contributed by atoms with Gasteiger partial charge >= 0.3 is 0 Å². The molecular formula is C19H18N2O4S. The number of rotatable bonds is 5. The van der Waals surface area contributed by atoms with Crippen molar-refractivity contribution in [1.82, 2.24) is 5.16 Å². The fraction of sp³-hybridized carbons (Fsp3) is 0.158. The Morgan fingerprint density at radius 1 is 1.08 bits per heavy atom. The van der Waals surface area contributed by atoms with E-state index in [1.807, 2.05) is 30.3 Å². The summed E-state index contributed by atoms with van der Waals surface area (Å²) in [6.45, 7) is 3.26. The predicted molar refractivity (Wildman–Crippen MR) is 98.8 cm³/mol. The summed E-state index contributed by atoms with van der Waals surface area (Å²) in [5, 5.41) is 6.75. The highest BCUT2D eigenvalue weighted by Gasteiger charge is 2.21. The molecule has 1 heterocycles. The number of sulfone groups is 1. The molecule has 0 atom stereocenters. The molecule has 0 aliphatic heterocycles. The van der Waals surface area contributed by atoms with E-state index in [9.17, 15) is 13.2 Å². The van der Waals surface area contributed by atoms with Crippen LogP contribution in [0.2, 0.25) is 0 Å². The fourth-order valence-electron chi connectivity index (χ4n) is 2.54. The standard InChI is InChI=1S/C19H18N2O4S/c1-3-26(23,24)16-11-9-15(10-12-16)20-19(22)17-13(2)25-21-18(17)14-7-5-4-6-8-14/h4-12H,3H2,1-2H3,(H,20,22). The monoisotopic (exact) mass is 370 g/mol. The van der Waals surface area contributed by atoms with Crippen LogP contribution in [-0.2, 0) is 9.84 Å². The van der Waals surface area contributed by atoms with Gasteiger partial charge in [-0.3, -0.25) is 4.79 Å². The zero-order valence-electron chi connectivity index (χ0n) is 14.4. The number of aryl methyl sites for hydroxylation is 1. The first-order chi connectivity index (χ1) is 12.4. The van der Waals surface area contributed by atoms with Gasteiger partial charge in [0, 0.05) is 11.3 Å². The molecular weight excluding hydrogens is 352 g/mol. The van der Waals surface area contributed by atoms with Gasteiger partial charge in [0.05, 0.1) is 10.6 Å². The van der Waals surface area contributed by atoms with Crippen LogP contribution in [0.25, 0.3) is 11.3 Å². The highest BCUT2D eigenvalue weighted by atomic mass is 32.2. The van der Waals surface area contributed by atoms with E-state index >= 15 is 0 Å². The number of hydrogen-bond acceptors (Lipinski definition) is 5. The Labute approximate surface area is 151 Å². The Bertz CT molecular complexity index is 1020. The first kappa shape index (κ1) is 17.9. The zero-order valence-corrected chi connectivity index (χ0v) is 15.2. The van der Waals surface area contributed by atoms with Crippen molar-refractivity contribution in [2.75, 3.05) is 11.1 Å². The lowest BCUT2D eigenvalue weighted by Crippen LogP contribution is -2.13. The average molecular weight is 370 g/mol. The molecule has 134 valence electrons. The van der Waals surface area contributed by atoms with Crippen molar-refractivity contribution in [3.8, 4) is 11.3 Å². The third-order valence-corrected chi connectivity index (χ3v) is 5.74. The van der Waals surface area contributed by atoms with E-state index in [0.29, 0.717) is 22.7 Å². The predicted octanol–water partition coefficient (Wildman–Crippen LogP) is 3.70. The zero-order chi connectivity index (χ0) is 18.7. The van der Waals surface area contributed by atoms with Crippen LogP contribution in [0.15, 0.2) is 64.0 Å². The molecule has 1 N–H and O–H groups in total. The van der Waals surface area contributed by atoms with Gasteiger partial charge in [-0.05, 0) is 31.2 Å². The maximum Gasteiger partial charge on any atom is 0.261 e. The first-order valence-corrected chi connectivity index (χ1v) is 9.73. The van der Waals surface area contributed by atoms with Gasteiger partial charge < -0.3 is 9.84 Å². The van der Waals surface area contributed by atoms with Gasteiger partial charge in [-0.1, -0.05) is 42.4 Å². The van der Waals surface area contributed by atoms with Gasteiger partial charge in [-0.2, -0.15) is 0 Å². The van der Waals surface area contributed by atoms with Crippen molar-refractivity contribution in [3.63, 3.8) is 0 Å². The lowest BCUT2D eigenvalue weighted by molar-refractivity contribution is 0.102. The third kappa shape index (κ3) is 3.52. The summed E-state index contributed by atoms with van der Waals surface area (Å²) in [4.78, 5) is 12.9. The summed E-state index contributed by atoms with van der Waals surface area (Å²) in [6, 6.07) is 15.4. The van der Waals surface area contributed by atoms with Crippen LogP contribution in [0.3, 0.4) is 0 Å². The smallest absolute Gasteiger partial charge is 0.261 e. The molecule has 26 heavy (non-hydrogen) atoms. The van der Waals surface area contributed by atoms with Crippen LogP contribution in [0.5, 0.6) is 0 Å². The van der Waals surface area contributed by atoms with Crippen LogP contribution in [0, 0.1) is 6.92 Å². The summed E-state index contributed by atoms with van der Waals surface area (Å²) in [5.74, 6) is 0.0687. The number of carbonyl (C=O) groups is 1. The van der Waals surface area contributed by atoms with E-state index in [2.05, 4.69) is 10.5 Å². The van der Waals surface area contributed by atoms with Gasteiger partial charge in [-0.25, -0.2) is 8.42 Å². The van der Waals surface area contributed by atoms with E-state index < -0.39 is 9.84 Å². The maximum absolute atomic E-state index is 12.7. The van der Waals surface area contributed by atoms with E-state index in [4.69, 9.17) is 4.52 Å². The molecule has 0 saturated heterocycles. The van der Waals surface area contributed by atoms with Crippen molar-refractivity contribution in [1.29, 1.82) is 0 Å². The molecule has 0 saturated carbocycles. The molecule has 2 aromatic carbocycles. The van der Waals surface area contributed by atoms with Crippen LogP contribution in [0.1, 0.15) is 23.0 Å². The van der Waals surface area contributed by atoms with Crippen LogP contribution >= 0.6 is 0 Å². The largest absolute Gasteiger partial charge is 0.360 e. The van der Waals surface area contributed by atoms with E-state index in [1.165, 1.54) is 12.1 Å². The first-order valence-electron chi connectivity index (χ1n) is 8.08. The number of hydrogen-bond donors (Lipinski definition) is 1. The number of anilines is 1. The second-order valence-electron chi connectivity index (χ2n) is 5.71. The summed E-state index contributed by atoms with van der Waals surface area (Å²) >= 11 is 0. The fourth-order valence-corrected chi connectivity index (χ4v) is 3.42. The number of nitrogens with one attached hydrogen (secondary N) is 1. The van der Waals surface area contributed by atoms with Crippen molar-refractivity contribution < 1.29 is 17.7 Å². The number of benzene rings is 2. The second-order valence-corrected chi connectivity index (χ2v) is 7.99. The lowest BCUT2D eigenvalue weighted by Gasteiger charge is -2.07. The Morgan fingerprint density at radius 2 is 1.73 bits per heavy atom. The van der Waals surface area contributed by atoms with Gasteiger partial charge in [0.15, 0.2) is 9.84 Å². The van der Waals surface area contributed by atoms with Gasteiger partial charge in [-0.15, -0.1) is 0 Å². The summed E-state index contributed by atoms with van der Waals surface area (Å²) in [7, 11) is -3.27. The van der Waals surface area contributed by atoms with Gasteiger partial charge in [0.1, 0.15) is 17.0 Å². The molecule has 0 bridgehead atoms. The normalized spacial score (nSPS) is 11.3. The summed E-state index contributed by atoms with van der Waals surface area (Å²) < 4.78 is 28.9. The molecule has 0 fully saturated rings. The van der Waals surface area contributed by atoms with Gasteiger partial charge in [0.25, 0.3) is 5.91 Å². The molecule has 6 nitrogen and oxygen atoms in total. The number of aromatic nitrogens is 1. The van der Waals surface area contributed by atoms with Crippen molar-refractivity contribution >= 4 is 21.4 Å². The Kier molecular flexibility index (Phi) is 4.90. The highest BCUT2D eigenvalue weighted by molar-refractivity contribution is 7.91. The van der Waals surface area contributed by atoms with Crippen LogP contribution < -0.4 is 5.32 Å². The van der Waals surface area contributed by atoms with Crippen molar-refractivity contribution in [2.24, 2.45) is 0 Å². The molecule has 0 aliphatic rings. The SMILES string of the molecule is CCS(=O)(=O)c1ccc(NC(=O)c2c(-c3ccccc3)noc2C)cc1. The molecule has 0 unspecified atom stereocenters. The van der Waals surface area contributed by atoms with Crippen molar-refractivity contribution in [2.45, 2.75) is 18.7 Å². The molecule has 1 amide bonds. The van der Waals surface area contributed by atoms with Crippen LogP contribution in [0.4, 0.5) is 5.69 Å². The Balaban J connectivity index is 1.87. The minimum Gasteiger partial charge on any atom is -0.360 e. The minimum absolute atomic E-state index is 0.0268. The molecule has 0 aliphatic carbocycles. The molecule has 0 spiro atoms. The number of amides is 1. The third-order valence-electron chi connectivity index (χ3n) is 3.99. The van der Waals surface area contributed by atoms with Crippen molar-refractivity contribution in [3.05, 3.63) is 65.9 Å². The average Bonchev–Trinajstić information content (AvgIpc) is 3.04. The molecule has 3 rings (SSSR count). The lowest BCUT2D eigenvalue weighted by atomic mass is 10.1. The highest BCUT2D eigenvalue weighted by Crippen LogP contribution is 2.26. The Morgan fingerprint density at radius 3 is 2.35 bits per heavy atom. The van der Waals surface area contributed by atoms with E-state index in [1.54, 1.807) is 26.0 Å². The topological polar surface area (TPSA) is 89.3 Å². The summed E-state index contributed by atoms with van der Waals surface area (Å²) in [5.41, 5.74) is 2.08. The maximum atomic E-state index is 12.7. The second kappa shape index (κ2) is 7.13. The molecule has 1 aromatic heterocycles. The number of nitrogens with zero attached hydrogens (tertiary/aromatic N) is 1. The summed E-state index contributed by atoms with van der Waals surface area (Å²) in [6.07, 6.45) is 0. The van der Waals surface area contributed by atoms with E-state index in [0.717, 1.165) is 5.56 Å². The number of carbonyl (C=O) groups excluding carboxylic acids is 1. The quantitative estimate of drug-likeness (QED) is 0.740. The minimum atomic E-state index is -3.27.